The zero-order valence-electron chi connectivity index (χ0n) is 23.2. The smallest absolute Gasteiger partial charge is 0.331 e. The maximum atomic E-state index is 12.4. The number of oxime groups is 1. The Hall–Kier alpha value is -1.60. The second kappa shape index (κ2) is 9.72. The summed E-state index contributed by atoms with van der Waals surface area (Å²) >= 11 is 0. The van der Waals surface area contributed by atoms with Crippen molar-refractivity contribution in [3.63, 3.8) is 0 Å². The van der Waals surface area contributed by atoms with Crippen molar-refractivity contribution in [2.75, 3.05) is 6.61 Å². The van der Waals surface area contributed by atoms with Crippen LogP contribution in [0.25, 0.3) is 0 Å². The van der Waals surface area contributed by atoms with Gasteiger partial charge in [0.15, 0.2) is 6.29 Å². The van der Waals surface area contributed by atoms with Crippen LogP contribution in [0.5, 0.6) is 0 Å². The van der Waals surface area contributed by atoms with Crippen LogP contribution in [0, 0.1) is 28.6 Å². The van der Waals surface area contributed by atoms with Crippen molar-refractivity contribution < 1.29 is 49.7 Å². The molecular formula is C29H43NO10. The highest BCUT2D eigenvalue weighted by atomic mass is 16.7. The lowest BCUT2D eigenvalue weighted by atomic mass is 9.41. The standard InChI is InChI=1S/C29H43NO10/c1-15-22(32)23(33)24(34)25(39-15)40-17-3-8-27(14-30-37)19-4-7-26(2)18(16-11-21(31)38-13-16)6-10-29(26,36)20(19)5-9-28(27,35)12-17/h11,14-15,17-20,22-25,32-37H,3-10,12-13H2,1-2H3/b30-14+/t15-,17-,18+,19+,20-,22+,23-,24+,25+,26-,27+,28+,29+/m1/s1. The zero-order chi connectivity index (χ0) is 28.7. The number of aliphatic hydroxyl groups is 5. The summed E-state index contributed by atoms with van der Waals surface area (Å²) in [4.78, 5) is 11.8. The lowest BCUT2D eigenvalue weighted by Crippen LogP contribution is -2.69. The number of rotatable bonds is 4. The second-order valence-electron chi connectivity index (χ2n) is 13.5. The van der Waals surface area contributed by atoms with E-state index in [0.29, 0.717) is 38.5 Å². The molecule has 4 aliphatic carbocycles. The Morgan fingerprint density at radius 2 is 1.75 bits per heavy atom. The molecule has 0 unspecified atom stereocenters. The normalized spacial score (nSPS) is 54.4. The summed E-state index contributed by atoms with van der Waals surface area (Å²) in [6.45, 7) is 4.00. The number of carbonyl (C=O) groups excluding carboxylic acids is 1. The Morgan fingerprint density at radius 3 is 2.45 bits per heavy atom. The second-order valence-corrected chi connectivity index (χ2v) is 13.5. The van der Waals surface area contributed by atoms with Gasteiger partial charge in [-0.25, -0.2) is 4.79 Å². The molecule has 6 N–H and O–H groups in total. The number of carbonyl (C=O) groups is 1. The van der Waals surface area contributed by atoms with Crippen LogP contribution in [0.2, 0.25) is 0 Å². The maximum absolute atomic E-state index is 12.4. The first-order valence-electron chi connectivity index (χ1n) is 14.7. The molecule has 0 bridgehead atoms. The predicted molar refractivity (Wildman–Crippen MR) is 139 cm³/mol. The Kier molecular flexibility index (Phi) is 6.93. The Bertz CT molecular complexity index is 1080. The number of cyclic esters (lactones) is 1. The average Bonchev–Trinajstić information content (AvgIpc) is 3.46. The molecule has 224 valence electrons. The van der Waals surface area contributed by atoms with Crippen molar-refractivity contribution >= 4 is 12.2 Å². The van der Waals surface area contributed by atoms with Gasteiger partial charge in [0.1, 0.15) is 24.9 Å². The van der Waals surface area contributed by atoms with Crippen LogP contribution in [-0.4, -0.2) is 97.5 Å². The Labute approximate surface area is 233 Å². The molecule has 2 aliphatic heterocycles. The van der Waals surface area contributed by atoms with Gasteiger partial charge in [-0.15, -0.1) is 5.16 Å². The Balaban J connectivity index is 1.24. The molecule has 11 heteroatoms. The first-order valence-corrected chi connectivity index (χ1v) is 14.7. The van der Waals surface area contributed by atoms with E-state index in [0.717, 1.165) is 18.4 Å². The van der Waals surface area contributed by atoms with E-state index in [4.69, 9.17) is 14.2 Å². The van der Waals surface area contributed by atoms with Crippen molar-refractivity contribution in [1.29, 1.82) is 0 Å². The fourth-order valence-electron chi connectivity index (χ4n) is 9.88. The molecular weight excluding hydrogens is 522 g/mol. The number of esters is 1. The van der Waals surface area contributed by atoms with Gasteiger partial charge in [0.2, 0.25) is 0 Å². The average molecular weight is 566 g/mol. The number of fused-ring (bicyclic) bond motifs is 5. The summed E-state index contributed by atoms with van der Waals surface area (Å²) in [6.07, 6.45) is 1.55. The van der Waals surface area contributed by atoms with Crippen molar-refractivity contribution in [2.24, 2.45) is 33.7 Å². The fourth-order valence-corrected chi connectivity index (χ4v) is 9.88. The molecule has 11 nitrogen and oxygen atoms in total. The first kappa shape index (κ1) is 28.5. The van der Waals surface area contributed by atoms with Gasteiger partial charge in [0, 0.05) is 23.3 Å². The van der Waals surface area contributed by atoms with Gasteiger partial charge in [0.05, 0.1) is 29.6 Å². The molecule has 6 aliphatic rings. The van der Waals surface area contributed by atoms with Crippen LogP contribution < -0.4 is 0 Å². The van der Waals surface area contributed by atoms with Gasteiger partial charge < -0.3 is 45.0 Å². The lowest BCUT2D eigenvalue weighted by molar-refractivity contribution is -0.316. The monoisotopic (exact) mass is 565 g/mol. The van der Waals surface area contributed by atoms with Gasteiger partial charge in [0.25, 0.3) is 0 Å². The van der Waals surface area contributed by atoms with Crippen LogP contribution in [0.3, 0.4) is 0 Å². The van der Waals surface area contributed by atoms with Crippen LogP contribution in [0.4, 0.5) is 0 Å². The van der Waals surface area contributed by atoms with Gasteiger partial charge in [-0.05, 0) is 81.6 Å². The first-order chi connectivity index (χ1) is 18.9. The van der Waals surface area contributed by atoms with Gasteiger partial charge in [-0.3, -0.25) is 0 Å². The summed E-state index contributed by atoms with van der Waals surface area (Å²) in [5.74, 6) is -0.514. The molecule has 0 radical (unpaired) electrons. The van der Waals surface area contributed by atoms with Crippen LogP contribution >= 0.6 is 0 Å². The molecule has 1 saturated heterocycles. The topological polar surface area (TPSA) is 178 Å². The number of aliphatic hydroxyl groups excluding tert-OH is 3. The molecule has 0 aromatic carbocycles. The van der Waals surface area contributed by atoms with Crippen LogP contribution in [0.15, 0.2) is 16.8 Å². The number of nitrogens with zero attached hydrogens (tertiary/aromatic N) is 1. The summed E-state index contributed by atoms with van der Waals surface area (Å²) in [5.41, 5.74) is -2.62. The van der Waals surface area contributed by atoms with Crippen molar-refractivity contribution in [2.45, 2.75) is 120 Å². The predicted octanol–water partition coefficient (Wildman–Crippen LogP) is 1.01. The highest BCUT2D eigenvalue weighted by molar-refractivity contribution is 5.85. The highest BCUT2D eigenvalue weighted by Crippen LogP contribution is 2.70. The van der Waals surface area contributed by atoms with Crippen LogP contribution in [0.1, 0.15) is 71.6 Å². The number of ether oxygens (including phenoxy) is 3. The maximum Gasteiger partial charge on any atom is 0.331 e. The van der Waals surface area contributed by atoms with E-state index in [1.54, 1.807) is 13.0 Å². The molecule has 6 rings (SSSR count). The van der Waals surface area contributed by atoms with Crippen molar-refractivity contribution in [3.05, 3.63) is 11.6 Å². The summed E-state index contributed by atoms with van der Waals surface area (Å²) in [5, 5.41) is 68.7. The van der Waals surface area contributed by atoms with Crippen molar-refractivity contribution in [1.82, 2.24) is 0 Å². The number of hydrogen-bond donors (Lipinski definition) is 6. The lowest BCUT2D eigenvalue weighted by Gasteiger charge is -2.65. The summed E-state index contributed by atoms with van der Waals surface area (Å²) < 4.78 is 16.9. The molecule has 0 spiro atoms. The molecule has 0 aromatic rings. The van der Waals surface area contributed by atoms with Gasteiger partial charge in [-0.2, -0.15) is 0 Å². The zero-order valence-corrected chi connectivity index (χ0v) is 23.2. The molecule has 0 aromatic heterocycles. The van der Waals surface area contributed by atoms with E-state index < -0.39 is 58.8 Å². The minimum Gasteiger partial charge on any atom is -0.458 e. The largest absolute Gasteiger partial charge is 0.458 e. The highest BCUT2D eigenvalue weighted by Gasteiger charge is 2.71. The third kappa shape index (κ3) is 3.88. The fraction of sp³-hybridized carbons (Fsp3) is 0.862. The quantitative estimate of drug-likeness (QED) is 0.0947. The molecule has 13 atom stereocenters. The summed E-state index contributed by atoms with van der Waals surface area (Å²) in [7, 11) is 0. The van der Waals surface area contributed by atoms with Crippen LogP contribution in [-0.2, 0) is 19.0 Å². The third-order valence-corrected chi connectivity index (χ3v) is 12.0. The van der Waals surface area contributed by atoms with E-state index >= 15 is 0 Å². The molecule has 40 heavy (non-hydrogen) atoms. The van der Waals surface area contributed by atoms with Crippen molar-refractivity contribution in [3.8, 4) is 0 Å². The molecule has 2 heterocycles. The Morgan fingerprint density at radius 1 is 1.00 bits per heavy atom. The van der Waals surface area contributed by atoms with E-state index in [2.05, 4.69) is 12.1 Å². The van der Waals surface area contributed by atoms with E-state index in [1.165, 1.54) is 6.21 Å². The summed E-state index contributed by atoms with van der Waals surface area (Å²) in [6, 6.07) is 0. The minimum atomic E-state index is -1.43. The molecule has 4 saturated carbocycles. The SMILES string of the molecule is C[C@H]1O[C@@H](O[C@@H]2CC[C@]3(/C=N/O)[C@H]4CC[C@]5(C)[C@H](C6=CC(=O)OC6)CC[C@]5(O)[C@@H]4CC[C@]3(O)C2)[C@@H](O)[C@H](O)[C@H]1O. The van der Waals surface area contributed by atoms with E-state index in [9.17, 15) is 35.5 Å². The van der Waals surface area contributed by atoms with Gasteiger partial charge in [-0.1, -0.05) is 6.92 Å². The molecule has 5 fully saturated rings. The molecule has 0 amide bonds. The van der Waals surface area contributed by atoms with E-state index in [-0.39, 0.29) is 36.8 Å². The number of hydrogen-bond acceptors (Lipinski definition) is 11. The van der Waals surface area contributed by atoms with Gasteiger partial charge >= 0.3 is 5.97 Å². The third-order valence-electron chi connectivity index (χ3n) is 12.0. The minimum absolute atomic E-state index is 0.0514. The van der Waals surface area contributed by atoms with E-state index in [1.807, 2.05) is 0 Å².